The second kappa shape index (κ2) is 5.31. The minimum absolute atomic E-state index is 0.0444. The molecule has 1 aliphatic rings. The van der Waals surface area contributed by atoms with Gasteiger partial charge >= 0.3 is 0 Å². The molecule has 1 rings (SSSR count). The Kier molecular flexibility index (Phi) is 4.31. The first-order chi connectivity index (χ1) is 7.59. The van der Waals surface area contributed by atoms with Crippen molar-refractivity contribution in [1.82, 2.24) is 4.90 Å². The Balaban J connectivity index is 2.70. The summed E-state index contributed by atoms with van der Waals surface area (Å²) in [6.45, 7) is 4.73. The van der Waals surface area contributed by atoms with Gasteiger partial charge in [-0.2, -0.15) is 5.26 Å². The van der Waals surface area contributed by atoms with Gasteiger partial charge in [-0.15, -0.1) is 0 Å². The first-order valence-electron chi connectivity index (χ1n) is 5.80. The lowest BCUT2D eigenvalue weighted by Crippen LogP contribution is -2.44. The Morgan fingerprint density at radius 3 is 2.62 bits per heavy atom. The van der Waals surface area contributed by atoms with Crippen molar-refractivity contribution in [2.75, 3.05) is 20.3 Å². The van der Waals surface area contributed by atoms with Gasteiger partial charge in [0.25, 0.3) is 0 Å². The molecule has 1 aliphatic carbocycles. The summed E-state index contributed by atoms with van der Waals surface area (Å²) < 4.78 is 5.00. The maximum atomic E-state index is 12.3. The van der Waals surface area contributed by atoms with Crippen LogP contribution in [-0.2, 0) is 9.53 Å². The topological polar surface area (TPSA) is 53.3 Å². The van der Waals surface area contributed by atoms with Gasteiger partial charge in [0, 0.05) is 19.7 Å². The molecular weight excluding hydrogens is 204 g/mol. The Morgan fingerprint density at radius 1 is 1.62 bits per heavy atom. The molecule has 0 aliphatic heterocycles. The molecule has 0 radical (unpaired) electrons. The lowest BCUT2D eigenvalue weighted by molar-refractivity contribution is -0.139. The molecule has 1 saturated carbocycles. The monoisotopic (exact) mass is 224 g/mol. The zero-order chi connectivity index (χ0) is 12.2. The Hall–Kier alpha value is -1.08. The predicted molar refractivity (Wildman–Crippen MR) is 60.6 cm³/mol. The number of methoxy groups -OCH3 is 1. The molecule has 0 spiro atoms. The maximum Gasteiger partial charge on any atom is 0.243 e. The number of nitriles is 1. The number of carbonyl (C=O) groups excluding carboxylic acids is 1. The third-order valence-corrected chi connectivity index (χ3v) is 3.21. The highest BCUT2D eigenvalue weighted by Crippen LogP contribution is 2.32. The van der Waals surface area contributed by atoms with Gasteiger partial charge in [-0.05, 0) is 26.2 Å². The largest absolute Gasteiger partial charge is 0.383 e. The summed E-state index contributed by atoms with van der Waals surface area (Å²) in [6, 6.07) is 2.47. The van der Waals surface area contributed by atoms with Crippen molar-refractivity contribution >= 4 is 5.91 Å². The van der Waals surface area contributed by atoms with Crippen molar-refractivity contribution in [3.05, 3.63) is 0 Å². The number of hydrogen-bond donors (Lipinski definition) is 0. The lowest BCUT2D eigenvalue weighted by atomic mass is 9.87. The highest BCUT2D eigenvalue weighted by atomic mass is 16.5. The molecular formula is C12H20N2O2. The molecule has 1 unspecified atom stereocenters. The van der Waals surface area contributed by atoms with Crippen LogP contribution in [0, 0.1) is 16.7 Å². The van der Waals surface area contributed by atoms with Gasteiger partial charge in [0.1, 0.15) is 5.41 Å². The van der Waals surface area contributed by atoms with E-state index < -0.39 is 5.41 Å². The summed E-state index contributed by atoms with van der Waals surface area (Å²) in [7, 11) is 1.62. The van der Waals surface area contributed by atoms with Crippen LogP contribution in [0.25, 0.3) is 0 Å². The number of amides is 1. The maximum absolute atomic E-state index is 12.3. The number of carbonyl (C=O) groups is 1. The molecule has 16 heavy (non-hydrogen) atoms. The van der Waals surface area contributed by atoms with Gasteiger partial charge < -0.3 is 9.64 Å². The van der Waals surface area contributed by atoms with Crippen LogP contribution in [0.15, 0.2) is 0 Å². The smallest absolute Gasteiger partial charge is 0.243 e. The molecule has 90 valence electrons. The zero-order valence-electron chi connectivity index (χ0n) is 10.3. The Bertz CT molecular complexity index is 294. The van der Waals surface area contributed by atoms with Crippen molar-refractivity contribution < 1.29 is 9.53 Å². The molecule has 0 aromatic heterocycles. The van der Waals surface area contributed by atoms with E-state index >= 15 is 0 Å². The molecule has 4 nitrogen and oxygen atoms in total. The van der Waals surface area contributed by atoms with Crippen LogP contribution in [0.3, 0.4) is 0 Å². The fraction of sp³-hybridized carbons (Fsp3) is 0.833. The third kappa shape index (κ3) is 2.73. The SMILES string of the molecule is CCC(C)(C#N)C(=O)N(CCOC)C1CC1. The van der Waals surface area contributed by atoms with Gasteiger partial charge in [0.15, 0.2) is 0 Å². The second-order valence-corrected chi connectivity index (χ2v) is 4.52. The average molecular weight is 224 g/mol. The molecule has 1 atom stereocenters. The van der Waals surface area contributed by atoms with E-state index in [0.29, 0.717) is 25.6 Å². The Morgan fingerprint density at radius 2 is 2.25 bits per heavy atom. The molecule has 0 aromatic carbocycles. The van der Waals surface area contributed by atoms with E-state index in [4.69, 9.17) is 10.00 Å². The van der Waals surface area contributed by atoms with Crippen molar-refractivity contribution in [3.8, 4) is 6.07 Å². The van der Waals surface area contributed by atoms with E-state index in [1.54, 1.807) is 14.0 Å². The Labute approximate surface area is 97.2 Å². The zero-order valence-corrected chi connectivity index (χ0v) is 10.3. The normalized spacial score (nSPS) is 18.6. The quantitative estimate of drug-likeness (QED) is 0.688. The van der Waals surface area contributed by atoms with Crippen LogP contribution in [0.5, 0.6) is 0 Å². The lowest BCUT2D eigenvalue weighted by Gasteiger charge is -2.29. The van der Waals surface area contributed by atoms with Crippen LogP contribution < -0.4 is 0 Å². The predicted octanol–water partition coefficient (Wildman–Crippen LogP) is 1.56. The summed E-state index contributed by atoms with van der Waals surface area (Å²) in [4.78, 5) is 14.1. The van der Waals surface area contributed by atoms with Crippen molar-refractivity contribution in [3.63, 3.8) is 0 Å². The molecule has 4 heteroatoms. The number of ether oxygens (including phenoxy) is 1. The van der Waals surface area contributed by atoms with Crippen LogP contribution in [0.1, 0.15) is 33.1 Å². The fourth-order valence-electron chi connectivity index (χ4n) is 1.62. The van der Waals surface area contributed by atoms with E-state index in [1.807, 2.05) is 11.8 Å². The number of rotatable bonds is 6. The summed E-state index contributed by atoms with van der Waals surface area (Å²) in [5.74, 6) is -0.0444. The van der Waals surface area contributed by atoms with Crippen molar-refractivity contribution in [1.29, 1.82) is 5.26 Å². The first-order valence-corrected chi connectivity index (χ1v) is 5.80. The van der Waals surface area contributed by atoms with E-state index in [9.17, 15) is 4.79 Å². The standard InChI is InChI=1S/C12H20N2O2/c1-4-12(2,9-13)11(15)14(7-8-16-3)10-5-6-10/h10H,4-8H2,1-3H3. The minimum Gasteiger partial charge on any atom is -0.383 e. The average Bonchev–Trinajstić information content (AvgIpc) is 3.12. The van der Waals surface area contributed by atoms with Gasteiger partial charge in [0.05, 0.1) is 12.7 Å². The molecule has 1 fully saturated rings. The molecule has 0 aromatic rings. The van der Waals surface area contributed by atoms with Gasteiger partial charge in [-0.1, -0.05) is 6.92 Å². The van der Waals surface area contributed by atoms with Crippen molar-refractivity contribution in [2.24, 2.45) is 5.41 Å². The summed E-state index contributed by atoms with van der Waals surface area (Å²) in [6.07, 6.45) is 2.67. The third-order valence-electron chi connectivity index (χ3n) is 3.21. The highest BCUT2D eigenvalue weighted by Gasteiger charge is 2.41. The van der Waals surface area contributed by atoms with E-state index in [2.05, 4.69) is 6.07 Å². The fourth-order valence-corrected chi connectivity index (χ4v) is 1.62. The summed E-state index contributed by atoms with van der Waals surface area (Å²) >= 11 is 0. The van der Waals surface area contributed by atoms with E-state index in [0.717, 1.165) is 12.8 Å². The van der Waals surface area contributed by atoms with Crippen LogP contribution >= 0.6 is 0 Å². The van der Waals surface area contributed by atoms with E-state index in [-0.39, 0.29) is 5.91 Å². The number of nitrogens with zero attached hydrogens (tertiary/aromatic N) is 2. The summed E-state index contributed by atoms with van der Waals surface area (Å²) in [5, 5.41) is 9.10. The molecule has 0 bridgehead atoms. The van der Waals surface area contributed by atoms with E-state index in [1.165, 1.54) is 0 Å². The van der Waals surface area contributed by atoms with Gasteiger partial charge in [-0.25, -0.2) is 0 Å². The first kappa shape index (κ1) is 13.0. The van der Waals surface area contributed by atoms with Crippen LogP contribution in [0.2, 0.25) is 0 Å². The highest BCUT2D eigenvalue weighted by molar-refractivity contribution is 5.85. The minimum atomic E-state index is -0.879. The van der Waals surface area contributed by atoms with Crippen LogP contribution in [0.4, 0.5) is 0 Å². The summed E-state index contributed by atoms with van der Waals surface area (Å²) in [5.41, 5.74) is -0.879. The van der Waals surface area contributed by atoms with Crippen LogP contribution in [-0.4, -0.2) is 37.1 Å². The number of hydrogen-bond acceptors (Lipinski definition) is 3. The van der Waals surface area contributed by atoms with Gasteiger partial charge in [-0.3, -0.25) is 4.79 Å². The molecule has 0 N–H and O–H groups in total. The van der Waals surface area contributed by atoms with Gasteiger partial charge in [0.2, 0.25) is 5.91 Å². The molecule has 1 amide bonds. The molecule has 0 heterocycles. The second-order valence-electron chi connectivity index (χ2n) is 4.52. The van der Waals surface area contributed by atoms with Crippen molar-refractivity contribution in [2.45, 2.75) is 39.2 Å². The molecule has 0 saturated heterocycles.